The summed E-state index contributed by atoms with van der Waals surface area (Å²) in [6, 6.07) is 15.1. The average Bonchev–Trinajstić information content (AvgIpc) is 2.97. The quantitative estimate of drug-likeness (QED) is 0.704. The number of nitrogens with zero attached hydrogens (tertiary/aromatic N) is 2. The van der Waals surface area contributed by atoms with Crippen LogP contribution in [0.3, 0.4) is 0 Å². The van der Waals surface area contributed by atoms with E-state index in [1.807, 2.05) is 42.2 Å². The van der Waals surface area contributed by atoms with Crippen LogP contribution in [-0.4, -0.2) is 49.5 Å². The molecule has 2 fully saturated rings. The van der Waals surface area contributed by atoms with E-state index in [4.69, 9.17) is 4.74 Å². The molecule has 2 heterocycles. The van der Waals surface area contributed by atoms with Crippen molar-refractivity contribution in [2.45, 2.75) is 44.4 Å². The Bertz CT molecular complexity index is 991. The Hall–Kier alpha value is -2.04. The summed E-state index contributed by atoms with van der Waals surface area (Å²) in [5.74, 6) is -0.486. The summed E-state index contributed by atoms with van der Waals surface area (Å²) < 4.78 is 48.8. The molecule has 2 aromatic rings. The second-order valence-electron chi connectivity index (χ2n) is 7.96. The molecule has 0 bridgehead atoms. The molecule has 30 heavy (non-hydrogen) atoms. The van der Waals surface area contributed by atoms with Crippen LogP contribution in [-0.2, 0) is 21.6 Å². The predicted octanol–water partition coefficient (Wildman–Crippen LogP) is 2.20. The van der Waals surface area contributed by atoms with E-state index in [1.165, 1.54) is 22.5 Å². The van der Waals surface area contributed by atoms with Crippen LogP contribution in [0.1, 0.15) is 25.3 Å². The fourth-order valence-electron chi connectivity index (χ4n) is 4.47. The van der Waals surface area contributed by atoms with Gasteiger partial charge in [-0.3, -0.25) is 9.21 Å². The molecule has 2 aliphatic rings. The van der Waals surface area contributed by atoms with Crippen LogP contribution in [0, 0.1) is 5.82 Å². The highest BCUT2D eigenvalue weighted by Crippen LogP contribution is 2.41. The van der Waals surface area contributed by atoms with E-state index in [9.17, 15) is 17.9 Å². The first kappa shape index (κ1) is 21.2. The van der Waals surface area contributed by atoms with Crippen molar-refractivity contribution in [2.75, 3.05) is 17.4 Å². The number of hydrogen-bond donors (Lipinski definition) is 2. The number of likely N-dealkylation sites (tertiary alicyclic amines) is 1. The van der Waals surface area contributed by atoms with Crippen LogP contribution in [0.5, 0.6) is 0 Å². The fourth-order valence-corrected chi connectivity index (χ4v) is 6.18. The molecule has 3 atom stereocenters. The monoisotopic (exact) mass is 435 g/mol. The molecular formula is C21H26FN3O4S. The molecule has 0 saturated carbocycles. The van der Waals surface area contributed by atoms with Crippen molar-refractivity contribution in [1.29, 1.82) is 0 Å². The minimum atomic E-state index is -3.77. The van der Waals surface area contributed by atoms with Crippen LogP contribution in [0.4, 0.5) is 10.1 Å². The molecule has 2 N–H and O–H groups in total. The lowest BCUT2D eigenvalue weighted by Crippen LogP contribution is -2.60. The van der Waals surface area contributed by atoms with E-state index in [2.05, 4.69) is 4.72 Å². The van der Waals surface area contributed by atoms with Crippen LogP contribution < -0.4 is 9.03 Å². The van der Waals surface area contributed by atoms with E-state index in [0.29, 0.717) is 25.1 Å². The van der Waals surface area contributed by atoms with Gasteiger partial charge in [0, 0.05) is 19.1 Å². The normalized spacial score (nSPS) is 27.4. The van der Waals surface area contributed by atoms with Crippen LogP contribution >= 0.6 is 0 Å². The van der Waals surface area contributed by atoms with E-state index in [-0.39, 0.29) is 19.2 Å². The number of nitrogens with one attached hydrogen (secondary N) is 1. The number of benzene rings is 2. The first-order valence-corrected chi connectivity index (χ1v) is 11.4. The lowest BCUT2D eigenvalue weighted by Gasteiger charge is -2.47. The average molecular weight is 436 g/mol. The Morgan fingerprint density at radius 3 is 2.73 bits per heavy atom. The Labute approximate surface area is 176 Å². The van der Waals surface area contributed by atoms with Gasteiger partial charge in [0.05, 0.1) is 17.8 Å². The van der Waals surface area contributed by atoms with Crippen molar-refractivity contribution in [3.63, 3.8) is 0 Å². The Morgan fingerprint density at radius 1 is 1.27 bits per heavy atom. The molecule has 162 valence electrons. The Balaban J connectivity index is 1.49. The van der Waals surface area contributed by atoms with Gasteiger partial charge in [-0.25, -0.2) is 4.39 Å². The molecule has 1 unspecified atom stereocenters. The van der Waals surface area contributed by atoms with Gasteiger partial charge in [0.15, 0.2) is 0 Å². The molecular weight excluding hydrogens is 409 g/mol. The third-order valence-corrected chi connectivity index (χ3v) is 7.49. The summed E-state index contributed by atoms with van der Waals surface area (Å²) in [6.07, 6.45) is -0.140. The Morgan fingerprint density at radius 2 is 2.03 bits per heavy atom. The number of piperidine rings is 1. The minimum absolute atomic E-state index is 0.143. The molecule has 0 aromatic heterocycles. The number of ether oxygens (including phenoxy) is 1. The molecule has 2 aromatic carbocycles. The van der Waals surface area contributed by atoms with Gasteiger partial charge in [0.2, 0.25) is 6.41 Å². The topological polar surface area (TPSA) is 82.1 Å². The fraction of sp³-hybridized carbons (Fsp3) is 0.429. The van der Waals surface area contributed by atoms with Crippen molar-refractivity contribution in [1.82, 2.24) is 9.62 Å². The first-order valence-electron chi connectivity index (χ1n) is 9.96. The highest BCUT2D eigenvalue weighted by molar-refractivity contribution is 7.91. The summed E-state index contributed by atoms with van der Waals surface area (Å²) in [5, 5.41) is 10.6. The molecule has 9 heteroatoms. The zero-order chi connectivity index (χ0) is 21.4. The van der Waals surface area contributed by atoms with Crippen molar-refractivity contribution in [2.24, 2.45) is 0 Å². The molecule has 0 aliphatic carbocycles. The zero-order valence-corrected chi connectivity index (χ0v) is 17.6. The van der Waals surface area contributed by atoms with Crippen molar-refractivity contribution in [3.05, 3.63) is 66.0 Å². The molecule has 7 nitrogen and oxygen atoms in total. The number of anilines is 1. The summed E-state index contributed by atoms with van der Waals surface area (Å²) in [4.78, 5) is 1.82. The smallest absolute Gasteiger partial charge is 0.302 e. The highest BCUT2D eigenvalue weighted by atomic mass is 32.2. The van der Waals surface area contributed by atoms with Gasteiger partial charge < -0.3 is 9.84 Å². The van der Waals surface area contributed by atoms with E-state index < -0.39 is 28.0 Å². The standard InChI is InChI=1S/C21H26FN3O4S/c1-16-13-21(10-11-24(16)20(26)29-14-17-6-3-2-4-7-17)15-23-30(27,28)25(21)19-9-5-8-18(22)12-19/h2-9,12,16,20,23,26H,10-11,13-15H2,1H3/t16-,20?,21+/m0/s1. The number of halogens is 1. The van der Waals surface area contributed by atoms with Gasteiger partial charge >= 0.3 is 10.2 Å². The predicted molar refractivity (Wildman–Crippen MR) is 111 cm³/mol. The number of hydrogen-bond acceptors (Lipinski definition) is 5. The van der Waals surface area contributed by atoms with E-state index in [0.717, 1.165) is 5.56 Å². The number of aliphatic hydroxyl groups excluding tert-OH is 1. The summed E-state index contributed by atoms with van der Waals surface area (Å²) in [5.41, 5.74) is 0.546. The molecule has 2 aliphatic heterocycles. The lowest BCUT2D eigenvalue weighted by atomic mass is 9.83. The number of aliphatic hydroxyl groups is 1. The summed E-state index contributed by atoms with van der Waals surface area (Å²) in [6.45, 7) is 2.90. The molecule has 2 saturated heterocycles. The van der Waals surface area contributed by atoms with Gasteiger partial charge in [-0.2, -0.15) is 13.1 Å². The van der Waals surface area contributed by atoms with Crippen molar-refractivity contribution < 1.29 is 22.7 Å². The Kier molecular flexibility index (Phi) is 5.82. The van der Waals surface area contributed by atoms with Crippen LogP contribution in [0.15, 0.2) is 54.6 Å². The molecule has 1 spiro atoms. The SMILES string of the molecule is C[C@H]1C[C@]2(CCN1C(O)OCc1ccccc1)CNS(=O)(=O)N2c1cccc(F)c1. The van der Waals surface area contributed by atoms with E-state index >= 15 is 0 Å². The number of rotatable bonds is 5. The molecule has 0 amide bonds. The first-order chi connectivity index (χ1) is 14.3. The zero-order valence-electron chi connectivity index (χ0n) is 16.7. The van der Waals surface area contributed by atoms with Crippen LogP contribution in [0.25, 0.3) is 0 Å². The molecule has 0 radical (unpaired) electrons. The maximum absolute atomic E-state index is 13.8. The van der Waals surface area contributed by atoms with Gasteiger partial charge in [-0.1, -0.05) is 36.4 Å². The summed E-state index contributed by atoms with van der Waals surface area (Å²) in [7, 11) is -3.77. The third kappa shape index (κ3) is 4.08. The van der Waals surface area contributed by atoms with Gasteiger partial charge in [0.25, 0.3) is 0 Å². The third-order valence-electron chi connectivity index (χ3n) is 5.90. The van der Waals surface area contributed by atoms with Gasteiger partial charge in [-0.15, -0.1) is 0 Å². The molecule has 4 rings (SSSR count). The van der Waals surface area contributed by atoms with Gasteiger partial charge in [-0.05, 0) is 43.5 Å². The van der Waals surface area contributed by atoms with Crippen molar-refractivity contribution in [3.8, 4) is 0 Å². The van der Waals surface area contributed by atoms with Crippen LogP contribution in [0.2, 0.25) is 0 Å². The second kappa shape index (κ2) is 8.24. The highest BCUT2D eigenvalue weighted by Gasteiger charge is 2.53. The maximum Gasteiger partial charge on any atom is 0.302 e. The van der Waals surface area contributed by atoms with Gasteiger partial charge in [0.1, 0.15) is 5.82 Å². The maximum atomic E-state index is 13.8. The minimum Gasteiger partial charge on any atom is -0.356 e. The largest absolute Gasteiger partial charge is 0.356 e. The second-order valence-corrected chi connectivity index (χ2v) is 9.56. The lowest BCUT2D eigenvalue weighted by molar-refractivity contribution is -0.218. The summed E-state index contributed by atoms with van der Waals surface area (Å²) >= 11 is 0. The van der Waals surface area contributed by atoms with E-state index in [1.54, 1.807) is 6.07 Å². The van der Waals surface area contributed by atoms with Crippen molar-refractivity contribution >= 4 is 15.9 Å².